The Morgan fingerprint density at radius 2 is 2.00 bits per heavy atom. The maximum absolute atomic E-state index is 12.2. The van der Waals surface area contributed by atoms with Gasteiger partial charge in [-0.05, 0) is 26.3 Å². The van der Waals surface area contributed by atoms with Crippen LogP contribution in [-0.4, -0.2) is 20.7 Å². The Balaban J connectivity index is 2.66. The molecule has 0 saturated heterocycles. The summed E-state index contributed by atoms with van der Waals surface area (Å²) in [7, 11) is 0. The second-order valence-electron chi connectivity index (χ2n) is 6.16. The van der Waals surface area contributed by atoms with Gasteiger partial charge in [0.05, 0.1) is 5.69 Å². The molecule has 0 aliphatic heterocycles. The average molecular weight is 276 g/mol. The van der Waals surface area contributed by atoms with Gasteiger partial charge < -0.3 is 10.3 Å². The molecule has 0 aliphatic carbocycles. The number of nitrogens with two attached hydrogens (primary N) is 1. The van der Waals surface area contributed by atoms with Gasteiger partial charge >= 0.3 is 0 Å². The van der Waals surface area contributed by atoms with Crippen molar-refractivity contribution in [3.63, 3.8) is 0 Å². The van der Waals surface area contributed by atoms with E-state index in [2.05, 4.69) is 37.4 Å². The van der Waals surface area contributed by atoms with Crippen LogP contribution in [0.1, 0.15) is 45.5 Å². The Morgan fingerprint density at radius 3 is 2.55 bits per heavy atom. The lowest BCUT2D eigenvalue weighted by Crippen LogP contribution is -2.21. The van der Waals surface area contributed by atoms with Gasteiger partial charge in [-0.2, -0.15) is 9.61 Å². The molecule has 0 unspecified atom stereocenters. The maximum atomic E-state index is 12.2. The summed E-state index contributed by atoms with van der Waals surface area (Å²) in [5.74, 6) is 0. The van der Waals surface area contributed by atoms with Crippen molar-refractivity contribution in [3.8, 4) is 0 Å². The minimum atomic E-state index is -0.0680. The Hall–Kier alpha value is -1.62. The van der Waals surface area contributed by atoms with Crippen LogP contribution < -0.4 is 11.3 Å². The number of nitrogens with zero attached hydrogens (tertiary/aromatic N) is 3. The van der Waals surface area contributed by atoms with Crippen LogP contribution in [0.4, 0.5) is 0 Å². The maximum Gasteiger partial charge on any atom is 0.274 e. The third-order valence-electron chi connectivity index (χ3n) is 3.53. The van der Waals surface area contributed by atoms with Crippen molar-refractivity contribution in [1.82, 2.24) is 14.2 Å². The highest BCUT2D eigenvalue weighted by Gasteiger charge is 2.20. The Morgan fingerprint density at radius 1 is 1.30 bits per heavy atom. The molecule has 0 spiro atoms. The van der Waals surface area contributed by atoms with E-state index in [0.717, 1.165) is 36.4 Å². The van der Waals surface area contributed by atoms with Crippen molar-refractivity contribution in [2.75, 3.05) is 6.54 Å². The summed E-state index contributed by atoms with van der Waals surface area (Å²) in [6.45, 7) is 9.84. The van der Waals surface area contributed by atoms with Crippen LogP contribution in [0.5, 0.6) is 0 Å². The Kier molecular flexibility index (Phi) is 3.99. The summed E-state index contributed by atoms with van der Waals surface area (Å²) >= 11 is 0. The smallest absolute Gasteiger partial charge is 0.274 e. The summed E-state index contributed by atoms with van der Waals surface area (Å²) in [6.07, 6.45) is 1.71. The van der Waals surface area contributed by atoms with Gasteiger partial charge in [0, 0.05) is 29.8 Å². The number of fused-ring (bicyclic) bond motifs is 1. The highest BCUT2D eigenvalue weighted by Crippen LogP contribution is 2.22. The average Bonchev–Trinajstić information content (AvgIpc) is 2.81. The molecular weight excluding hydrogens is 252 g/mol. The lowest BCUT2D eigenvalue weighted by Gasteiger charge is -2.13. The predicted molar refractivity (Wildman–Crippen MR) is 81.2 cm³/mol. The third-order valence-corrected chi connectivity index (χ3v) is 3.53. The van der Waals surface area contributed by atoms with Crippen LogP contribution in [0, 0.1) is 0 Å². The minimum Gasteiger partial charge on any atom is -0.330 e. The minimum absolute atomic E-state index is 0.0628. The topological polar surface area (TPSA) is 65.3 Å². The molecule has 0 saturated carbocycles. The van der Waals surface area contributed by atoms with Gasteiger partial charge in [0.1, 0.15) is 5.65 Å². The Labute approximate surface area is 119 Å². The van der Waals surface area contributed by atoms with Gasteiger partial charge in [0.15, 0.2) is 0 Å². The molecule has 0 amide bonds. The zero-order valence-electron chi connectivity index (χ0n) is 12.8. The van der Waals surface area contributed by atoms with Crippen molar-refractivity contribution in [3.05, 3.63) is 33.9 Å². The van der Waals surface area contributed by atoms with Gasteiger partial charge in [-0.15, -0.1) is 0 Å². The van der Waals surface area contributed by atoms with Crippen LogP contribution in [-0.2, 0) is 18.4 Å². The standard InChI is InChI=1S/C15H24N4O/c1-5-18-11(7-6-8-16)9-14(20)19-13(18)10-12(17-19)15(2,3)4/h9-10H,5-8,16H2,1-4H3. The van der Waals surface area contributed by atoms with E-state index in [0.29, 0.717) is 6.54 Å². The van der Waals surface area contributed by atoms with Crippen molar-refractivity contribution in [2.24, 2.45) is 5.73 Å². The van der Waals surface area contributed by atoms with Crippen LogP contribution in [0.2, 0.25) is 0 Å². The quantitative estimate of drug-likeness (QED) is 0.924. The number of aryl methyl sites for hydroxylation is 2. The van der Waals surface area contributed by atoms with E-state index in [9.17, 15) is 4.79 Å². The van der Waals surface area contributed by atoms with E-state index in [1.165, 1.54) is 4.52 Å². The lowest BCUT2D eigenvalue weighted by molar-refractivity contribution is 0.561. The summed E-state index contributed by atoms with van der Waals surface area (Å²) < 4.78 is 3.66. The van der Waals surface area contributed by atoms with Crippen LogP contribution in [0.15, 0.2) is 16.9 Å². The van der Waals surface area contributed by atoms with E-state index in [-0.39, 0.29) is 11.0 Å². The summed E-state index contributed by atoms with van der Waals surface area (Å²) in [5.41, 5.74) is 8.29. The van der Waals surface area contributed by atoms with E-state index in [1.54, 1.807) is 6.07 Å². The second kappa shape index (κ2) is 5.40. The molecule has 2 rings (SSSR count). The van der Waals surface area contributed by atoms with Gasteiger partial charge in [-0.1, -0.05) is 20.8 Å². The molecule has 0 bridgehead atoms. The largest absolute Gasteiger partial charge is 0.330 e. The molecule has 5 heteroatoms. The molecule has 2 aromatic heterocycles. The van der Waals surface area contributed by atoms with E-state index < -0.39 is 0 Å². The van der Waals surface area contributed by atoms with Crippen LogP contribution in [0.3, 0.4) is 0 Å². The SMILES string of the molecule is CCn1c(CCCN)cc(=O)n2nc(C(C)(C)C)cc12. The van der Waals surface area contributed by atoms with E-state index in [1.807, 2.05) is 6.07 Å². The van der Waals surface area contributed by atoms with Crippen molar-refractivity contribution >= 4 is 5.65 Å². The zero-order chi connectivity index (χ0) is 14.9. The molecular formula is C15H24N4O. The van der Waals surface area contributed by atoms with Crippen molar-refractivity contribution < 1.29 is 0 Å². The molecule has 5 nitrogen and oxygen atoms in total. The van der Waals surface area contributed by atoms with E-state index in [4.69, 9.17) is 5.73 Å². The first-order valence-corrected chi connectivity index (χ1v) is 7.21. The number of hydrogen-bond acceptors (Lipinski definition) is 3. The van der Waals surface area contributed by atoms with Crippen LogP contribution >= 0.6 is 0 Å². The number of aromatic nitrogens is 3. The van der Waals surface area contributed by atoms with Gasteiger partial charge in [-0.3, -0.25) is 4.79 Å². The second-order valence-corrected chi connectivity index (χ2v) is 6.16. The first-order chi connectivity index (χ1) is 9.38. The van der Waals surface area contributed by atoms with Gasteiger partial charge in [0.2, 0.25) is 0 Å². The van der Waals surface area contributed by atoms with Gasteiger partial charge in [-0.25, -0.2) is 0 Å². The summed E-state index contributed by atoms with van der Waals surface area (Å²) in [6, 6.07) is 3.71. The highest BCUT2D eigenvalue weighted by atomic mass is 16.1. The first kappa shape index (κ1) is 14.8. The summed E-state index contributed by atoms with van der Waals surface area (Å²) in [4.78, 5) is 12.2. The molecule has 0 aromatic carbocycles. The molecule has 2 N–H and O–H groups in total. The number of rotatable bonds is 4. The lowest BCUT2D eigenvalue weighted by atomic mass is 9.93. The zero-order valence-corrected chi connectivity index (χ0v) is 12.8. The van der Waals surface area contributed by atoms with Gasteiger partial charge in [0.25, 0.3) is 5.56 Å². The molecule has 0 radical (unpaired) electrons. The fourth-order valence-electron chi connectivity index (χ4n) is 2.38. The Bertz CT molecular complexity index is 661. The van der Waals surface area contributed by atoms with E-state index >= 15 is 0 Å². The third kappa shape index (κ3) is 2.63. The fraction of sp³-hybridized carbons (Fsp3) is 0.600. The summed E-state index contributed by atoms with van der Waals surface area (Å²) in [5, 5.41) is 4.47. The highest BCUT2D eigenvalue weighted by molar-refractivity contribution is 5.43. The molecule has 2 heterocycles. The molecule has 20 heavy (non-hydrogen) atoms. The first-order valence-electron chi connectivity index (χ1n) is 7.21. The molecule has 2 aromatic rings. The molecule has 0 aliphatic rings. The number of hydrogen-bond donors (Lipinski definition) is 1. The predicted octanol–water partition coefficient (Wildman–Crippen LogP) is 1.70. The van der Waals surface area contributed by atoms with Crippen molar-refractivity contribution in [2.45, 2.75) is 52.5 Å². The fourth-order valence-corrected chi connectivity index (χ4v) is 2.38. The molecule has 110 valence electrons. The molecule has 0 fully saturated rings. The van der Waals surface area contributed by atoms with Crippen molar-refractivity contribution in [1.29, 1.82) is 0 Å². The van der Waals surface area contributed by atoms with Crippen LogP contribution in [0.25, 0.3) is 5.65 Å². The molecule has 0 atom stereocenters. The monoisotopic (exact) mass is 276 g/mol. The normalized spacial score (nSPS) is 12.2.